The highest BCUT2D eigenvalue weighted by molar-refractivity contribution is 5.79. The first-order valence-corrected chi connectivity index (χ1v) is 3.61. The minimum absolute atomic E-state index is 0.0256. The average Bonchev–Trinajstić information content (AvgIpc) is 2.17. The van der Waals surface area contributed by atoms with Crippen molar-refractivity contribution in [2.24, 2.45) is 0 Å². The van der Waals surface area contributed by atoms with Crippen molar-refractivity contribution in [1.29, 1.82) is 5.26 Å². The van der Waals surface area contributed by atoms with Crippen LogP contribution >= 0.6 is 0 Å². The van der Waals surface area contributed by atoms with E-state index < -0.39 is 4.92 Å². The molecule has 0 saturated carbocycles. The fraction of sp³-hybridized carbons (Fsp3) is 0.125. The molecular weight excluding hydrogens is 186 g/mol. The molecule has 0 aromatic carbocycles. The number of aryl methyl sites for hydroxylation is 1. The molecule has 1 rings (SSSR count). The van der Waals surface area contributed by atoms with Gasteiger partial charge in [0.2, 0.25) is 0 Å². The first-order chi connectivity index (χ1) is 6.60. The maximum absolute atomic E-state index is 10.5. The van der Waals surface area contributed by atoms with Crippen LogP contribution in [0, 0.1) is 28.4 Å². The summed E-state index contributed by atoms with van der Waals surface area (Å²) in [7, 11) is 0. The highest BCUT2D eigenvalue weighted by atomic mass is 16.6. The van der Waals surface area contributed by atoms with Gasteiger partial charge in [-0.2, -0.15) is 5.26 Å². The van der Waals surface area contributed by atoms with Gasteiger partial charge in [-0.15, -0.1) is 0 Å². The Kier molecular flexibility index (Phi) is 2.53. The molecule has 0 spiro atoms. The predicted molar refractivity (Wildman–Crippen MR) is 45.7 cm³/mol. The van der Waals surface area contributed by atoms with Gasteiger partial charge >= 0.3 is 0 Å². The van der Waals surface area contributed by atoms with Crippen LogP contribution in [0.3, 0.4) is 0 Å². The number of aromatic nitrogens is 1. The number of nitro groups is 1. The molecule has 0 atom stereocenters. The lowest BCUT2D eigenvalue weighted by atomic mass is 10.2. The van der Waals surface area contributed by atoms with Crippen LogP contribution in [0.5, 0.6) is 0 Å². The van der Waals surface area contributed by atoms with Gasteiger partial charge in [-0.05, 0) is 12.5 Å². The van der Waals surface area contributed by atoms with Gasteiger partial charge in [0.1, 0.15) is 11.8 Å². The number of aldehydes is 1. The number of nitrogens with zero attached hydrogens (tertiary/aromatic N) is 3. The first kappa shape index (κ1) is 9.80. The van der Waals surface area contributed by atoms with E-state index in [0.29, 0.717) is 5.56 Å². The van der Waals surface area contributed by atoms with Gasteiger partial charge in [0.15, 0.2) is 12.0 Å². The molecule has 0 amide bonds. The Labute approximate surface area is 79.0 Å². The summed E-state index contributed by atoms with van der Waals surface area (Å²) in [5.41, 5.74) is -0.295. The van der Waals surface area contributed by atoms with E-state index in [-0.39, 0.29) is 23.4 Å². The third kappa shape index (κ3) is 1.56. The van der Waals surface area contributed by atoms with Gasteiger partial charge < -0.3 is 0 Å². The molecule has 0 saturated heterocycles. The van der Waals surface area contributed by atoms with E-state index in [4.69, 9.17) is 5.26 Å². The maximum atomic E-state index is 10.5. The van der Waals surface area contributed by atoms with Crippen LogP contribution in [-0.4, -0.2) is 16.2 Å². The number of hydrogen-bond donors (Lipinski definition) is 0. The Morgan fingerprint density at radius 3 is 2.79 bits per heavy atom. The van der Waals surface area contributed by atoms with Gasteiger partial charge in [-0.25, -0.2) is 4.98 Å². The van der Waals surface area contributed by atoms with E-state index in [1.165, 1.54) is 6.92 Å². The van der Waals surface area contributed by atoms with E-state index >= 15 is 0 Å². The molecule has 14 heavy (non-hydrogen) atoms. The summed E-state index contributed by atoms with van der Waals surface area (Å²) >= 11 is 0. The van der Waals surface area contributed by atoms with Crippen molar-refractivity contribution in [3.8, 4) is 6.07 Å². The van der Waals surface area contributed by atoms with Crippen LogP contribution in [0.2, 0.25) is 0 Å². The van der Waals surface area contributed by atoms with E-state index in [0.717, 1.165) is 6.07 Å². The monoisotopic (exact) mass is 191 g/mol. The summed E-state index contributed by atoms with van der Waals surface area (Å²) in [6.07, 6.45) is 0.262. The summed E-state index contributed by atoms with van der Waals surface area (Å²) < 4.78 is 0. The van der Waals surface area contributed by atoms with E-state index in [1.54, 1.807) is 6.07 Å². The number of carbonyl (C=O) groups is 1. The lowest BCUT2D eigenvalue weighted by Gasteiger charge is -1.98. The Bertz CT molecular complexity index is 448. The molecule has 0 aliphatic carbocycles. The average molecular weight is 191 g/mol. The molecule has 0 bridgehead atoms. The van der Waals surface area contributed by atoms with Gasteiger partial charge in [-0.3, -0.25) is 14.9 Å². The molecule has 1 heterocycles. The summed E-state index contributed by atoms with van der Waals surface area (Å²) in [6.45, 7) is 1.52. The van der Waals surface area contributed by atoms with Crippen molar-refractivity contribution in [3.63, 3.8) is 0 Å². The molecule has 6 nitrogen and oxygen atoms in total. The molecule has 1 aromatic rings. The van der Waals surface area contributed by atoms with Crippen LogP contribution in [-0.2, 0) is 0 Å². The van der Waals surface area contributed by atoms with Crippen molar-refractivity contribution >= 4 is 12.0 Å². The van der Waals surface area contributed by atoms with Crippen LogP contribution in [0.25, 0.3) is 0 Å². The fourth-order valence-electron chi connectivity index (χ4n) is 0.959. The smallest absolute Gasteiger partial charge is 0.296 e. The third-order valence-corrected chi connectivity index (χ3v) is 1.64. The molecule has 0 fully saturated rings. The number of carbonyl (C=O) groups excluding carboxylic acids is 1. The van der Waals surface area contributed by atoms with Crippen LogP contribution in [0.4, 0.5) is 5.69 Å². The Morgan fingerprint density at radius 2 is 2.36 bits per heavy atom. The molecule has 0 aliphatic rings. The lowest BCUT2D eigenvalue weighted by molar-refractivity contribution is -0.385. The number of nitriles is 1. The number of pyridine rings is 1. The van der Waals surface area contributed by atoms with Gasteiger partial charge in [0.05, 0.1) is 4.92 Å². The summed E-state index contributed by atoms with van der Waals surface area (Å²) in [6, 6.07) is 2.91. The van der Waals surface area contributed by atoms with Crippen LogP contribution < -0.4 is 0 Å². The fourth-order valence-corrected chi connectivity index (χ4v) is 0.959. The van der Waals surface area contributed by atoms with E-state index in [1.807, 2.05) is 0 Å². The first-order valence-electron chi connectivity index (χ1n) is 3.61. The molecular formula is C8H5N3O3. The van der Waals surface area contributed by atoms with Crippen molar-refractivity contribution in [2.45, 2.75) is 6.92 Å². The zero-order chi connectivity index (χ0) is 10.7. The second-order valence-corrected chi connectivity index (χ2v) is 2.55. The standard InChI is InChI=1S/C8H5N3O3/c1-5-2-8(11(13)14)7(4-12)10-6(5)3-9/h2,4H,1H3. The maximum Gasteiger partial charge on any atom is 0.298 e. The SMILES string of the molecule is Cc1cc([N+](=O)[O-])c(C=O)nc1C#N. The second kappa shape index (κ2) is 3.62. The van der Waals surface area contributed by atoms with Gasteiger partial charge in [0, 0.05) is 6.07 Å². The largest absolute Gasteiger partial charge is 0.298 e. The zero-order valence-electron chi connectivity index (χ0n) is 7.22. The topological polar surface area (TPSA) is 96.9 Å². The number of hydrogen-bond acceptors (Lipinski definition) is 5. The van der Waals surface area contributed by atoms with Crippen LogP contribution in [0.15, 0.2) is 6.07 Å². The molecule has 0 radical (unpaired) electrons. The zero-order valence-corrected chi connectivity index (χ0v) is 7.22. The highest BCUT2D eigenvalue weighted by Gasteiger charge is 2.17. The summed E-state index contributed by atoms with van der Waals surface area (Å²) in [5.74, 6) is 0. The minimum atomic E-state index is -0.703. The Morgan fingerprint density at radius 1 is 1.71 bits per heavy atom. The van der Waals surface area contributed by atoms with Crippen molar-refractivity contribution in [1.82, 2.24) is 4.98 Å². The summed E-state index contributed by atoms with van der Waals surface area (Å²) in [4.78, 5) is 23.7. The van der Waals surface area contributed by atoms with E-state index in [9.17, 15) is 14.9 Å². The molecule has 0 N–H and O–H groups in total. The van der Waals surface area contributed by atoms with Crippen molar-refractivity contribution in [3.05, 3.63) is 33.1 Å². The molecule has 0 aliphatic heterocycles. The minimum Gasteiger partial charge on any atom is -0.296 e. The molecule has 0 unspecified atom stereocenters. The third-order valence-electron chi connectivity index (χ3n) is 1.64. The van der Waals surface area contributed by atoms with E-state index in [2.05, 4.69) is 4.98 Å². The van der Waals surface area contributed by atoms with Crippen molar-refractivity contribution in [2.75, 3.05) is 0 Å². The lowest BCUT2D eigenvalue weighted by Crippen LogP contribution is -2.01. The normalized spacial score (nSPS) is 9.14. The van der Waals surface area contributed by atoms with Gasteiger partial charge in [-0.1, -0.05) is 0 Å². The van der Waals surface area contributed by atoms with Crippen molar-refractivity contribution < 1.29 is 9.72 Å². The van der Waals surface area contributed by atoms with Crippen LogP contribution in [0.1, 0.15) is 21.7 Å². The quantitative estimate of drug-likeness (QED) is 0.394. The Balaban J connectivity index is 3.48. The molecule has 70 valence electrons. The summed E-state index contributed by atoms with van der Waals surface area (Å²) in [5, 5.41) is 19.0. The molecule has 6 heteroatoms. The van der Waals surface area contributed by atoms with Gasteiger partial charge in [0.25, 0.3) is 5.69 Å². The number of rotatable bonds is 2. The Hall–Kier alpha value is -2.29. The second-order valence-electron chi connectivity index (χ2n) is 2.55. The highest BCUT2D eigenvalue weighted by Crippen LogP contribution is 2.18. The molecule has 1 aromatic heterocycles. The predicted octanol–water partition coefficient (Wildman–Crippen LogP) is 0.982.